The molecule has 0 spiro atoms. The molecule has 1 aliphatic rings. The van der Waals surface area contributed by atoms with E-state index in [-0.39, 0.29) is 5.75 Å². The van der Waals surface area contributed by atoms with E-state index in [9.17, 15) is 8.78 Å². The van der Waals surface area contributed by atoms with E-state index < -0.39 is 6.61 Å². The first-order valence-corrected chi connectivity index (χ1v) is 6.54. The molecule has 0 unspecified atom stereocenters. The molecule has 1 aromatic carbocycles. The number of ether oxygens (including phenoxy) is 1. The van der Waals surface area contributed by atoms with Crippen molar-refractivity contribution in [3.63, 3.8) is 0 Å². The third-order valence-corrected chi connectivity index (χ3v) is 3.14. The van der Waals surface area contributed by atoms with Crippen LogP contribution in [0.3, 0.4) is 0 Å². The summed E-state index contributed by atoms with van der Waals surface area (Å²) in [4.78, 5) is 8.63. The van der Waals surface area contributed by atoms with Gasteiger partial charge in [0.1, 0.15) is 5.75 Å². The number of benzene rings is 1. The molecule has 110 valence electrons. The number of hydrogen-bond donors (Lipinski definition) is 2. The summed E-state index contributed by atoms with van der Waals surface area (Å²) in [6.07, 6.45) is 1.79. The van der Waals surface area contributed by atoms with Crippen molar-refractivity contribution in [1.82, 2.24) is 15.3 Å². The molecule has 0 aliphatic carbocycles. The molecular formula is C14H14F2N4O. The van der Waals surface area contributed by atoms with Crippen LogP contribution in [0.4, 0.5) is 14.7 Å². The van der Waals surface area contributed by atoms with E-state index in [1.54, 1.807) is 18.3 Å². The van der Waals surface area contributed by atoms with Gasteiger partial charge in [-0.15, -0.1) is 0 Å². The molecule has 0 fully saturated rings. The smallest absolute Gasteiger partial charge is 0.387 e. The molecule has 0 radical (unpaired) electrons. The lowest BCUT2D eigenvalue weighted by Gasteiger charge is -2.08. The van der Waals surface area contributed by atoms with Gasteiger partial charge < -0.3 is 15.4 Å². The predicted molar refractivity (Wildman–Crippen MR) is 73.0 cm³/mol. The molecule has 21 heavy (non-hydrogen) atoms. The molecule has 2 aromatic rings. The summed E-state index contributed by atoms with van der Waals surface area (Å²) in [6, 6.07) is 6.55. The maximum absolute atomic E-state index is 12.2. The van der Waals surface area contributed by atoms with Crippen molar-refractivity contribution in [3.8, 4) is 5.75 Å². The summed E-state index contributed by atoms with van der Waals surface area (Å²) in [5.41, 5.74) is 2.91. The Balaban J connectivity index is 1.64. The zero-order valence-corrected chi connectivity index (χ0v) is 11.1. The molecule has 1 aromatic heterocycles. The first-order valence-electron chi connectivity index (χ1n) is 6.54. The van der Waals surface area contributed by atoms with E-state index in [4.69, 9.17) is 0 Å². The highest BCUT2D eigenvalue weighted by molar-refractivity contribution is 5.35. The lowest BCUT2D eigenvalue weighted by Crippen LogP contribution is -2.06. The van der Waals surface area contributed by atoms with Gasteiger partial charge in [0, 0.05) is 31.4 Å². The van der Waals surface area contributed by atoms with Crippen molar-refractivity contribution in [2.45, 2.75) is 26.2 Å². The van der Waals surface area contributed by atoms with Gasteiger partial charge in [0.2, 0.25) is 5.95 Å². The fraction of sp³-hybridized carbons (Fsp3) is 0.286. The topological polar surface area (TPSA) is 59.1 Å². The minimum Gasteiger partial charge on any atom is -0.435 e. The highest BCUT2D eigenvalue weighted by Crippen LogP contribution is 2.17. The van der Waals surface area contributed by atoms with Gasteiger partial charge in [-0.05, 0) is 17.7 Å². The molecule has 0 atom stereocenters. The standard InChI is InChI=1S/C14H14F2N4O/c15-13(16)21-11-3-1-2-9(4-11)5-18-14-19-7-10-6-17-8-12(10)20-14/h1-4,7,13,17H,5-6,8H2,(H,18,19,20). The molecule has 0 saturated heterocycles. The van der Waals surface area contributed by atoms with E-state index >= 15 is 0 Å². The van der Waals surface area contributed by atoms with E-state index in [0.717, 1.165) is 29.9 Å². The Morgan fingerprint density at radius 3 is 3.10 bits per heavy atom. The van der Waals surface area contributed by atoms with E-state index in [0.29, 0.717) is 12.5 Å². The van der Waals surface area contributed by atoms with Crippen LogP contribution in [0.1, 0.15) is 16.8 Å². The second-order valence-electron chi connectivity index (χ2n) is 4.65. The van der Waals surface area contributed by atoms with Crippen LogP contribution in [0.5, 0.6) is 5.75 Å². The van der Waals surface area contributed by atoms with Crippen molar-refractivity contribution in [2.24, 2.45) is 0 Å². The van der Waals surface area contributed by atoms with Gasteiger partial charge in [-0.1, -0.05) is 12.1 Å². The summed E-state index contributed by atoms with van der Waals surface area (Å²) < 4.78 is 28.7. The number of rotatable bonds is 5. The van der Waals surface area contributed by atoms with Crippen molar-refractivity contribution in [1.29, 1.82) is 0 Å². The van der Waals surface area contributed by atoms with Crippen LogP contribution < -0.4 is 15.4 Å². The van der Waals surface area contributed by atoms with Gasteiger partial charge in [0.25, 0.3) is 0 Å². The largest absolute Gasteiger partial charge is 0.435 e. The molecule has 1 aliphatic heterocycles. The Bertz CT molecular complexity index is 636. The number of aromatic nitrogens is 2. The first kappa shape index (κ1) is 13.7. The Kier molecular flexibility index (Phi) is 3.92. The van der Waals surface area contributed by atoms with Gasteiger partial charge in [-0.2, -0.15) is 8.78 Å². The summed E-state index contributed by atoms with van der Waals surface area (Å²) in [7, 11) is 0. The molecule has 0 saturated carbocycles. The van der Waals surface area contributed by atoms with E-state index in [1.807, 2.05) is 6.07 Å². The Hall–Kier alpha value is -2.28. The molecule has 2 heterocycles. The number of halogens is 2. The molecule has 0 bridgehead atoms. The zero-order chi connectivity index (χ0) is 14.7. The average Bonchev–Trinajstić information content (AvgIpc) is 2.92. The molecule has 5 nitrogen and oxygen atoms in total. The number of anilines is 1. The summed E-state index contributed by atoms with van der Waals surface area (Å²) in [5.74, 6) is 0.668. The van der Waals surface area contributed by atoms with Crippen LogP contribution in [0.25, 0.3) is 0 Å². The number of alkyl halides is 2. The van der Waals surface area contributed by atoms with Crippen LogP contribution in [0.2, 0.25) is 0 Å². The summed E-state index contributed by atoms with van der Waals surface area (Å²) in [6.45, 7) is -0.847. The minimum atomic E-state index is -2.82. The zero-order valence-electron chi connectivity index (χ0n) is 11.1. The third-order valence-electron chi connectivity index (χ3n) is 3.14. The van der Waals surface area contributed by atoms with Crippen molar-refractivity contribution >= 4 is 5.95 Å². The third kappa shape index (κ3) is 3.43. The number of nitrogens with zero attached hydrogens (tertiary/aromatic N) is 2. The monoisotopic (exact) mass is 292 g/mol. The second kappa shape index (κ2) is 6.01. The molecular weight excluding hydrogens is 278 g/mol. The predicted octanol–water partition coefficient (Wildman–Crippen LogP) is 2.29. The van der Waals surface area contributed by atoms with Crippen LogP contribution >= 0.6 is 0 Å². The summed E-state index contributed by atoms with van der Waals surface area (Å²) in [5, 5.41) is 6.27. The lowest BCUT2D eigenvalue weighted by molar-refractivity contribution is -0.0498. The Morgan fingerprint density at radius 1 is 1.33 bits per heavy atom. The first-order chi connectivity index (χ1) is 10.2. The van der Waals surface area contributed by atoms with Gasteiger partial charge in [-0.25, -0.2) is 9.97 Å². The highest BCUT2D eigenvalue weighted by atomic mass is 19.3. The molecule has 2 N–H and O–H groups in total. The van der Waals surface area contributed by atoms with Gasteiger partial charge in [0.05, 0.1) is 5.69 Å². The van der Waals surface area contributed by atoms with E-state index in [1.165, 1.54) is 6.07 Å². The van der Waals surface area contributed by atoms with Crippen molar-refractivity contribution in [2.75, 3.05) is 5.32 Å². The van der Waals surface area contributed by atoms with Crippen molar-refractivity contribution in [3.05, 3.63) is 47.3 Å². The lowest BCUT2D eigenvalue weighted by atomic mass is 10.2. The SMILES string of the molecule is FC(F)Oc1cccc(CNc2ncc3c(n2)CNC3)c1. The van der Waals surface area contributed by atoms with Crippen LogP contribution in [-0.2, 0) is 19.6 Å². The highest BCUT2D eigenvalue weighted by Gasteiger charge is 2.12. The van der Waals surface area contributed by atoms with Crippen LogP contribution in [0.15, 0.2) is 30.5 Å². The average molecular weight is 292 g/mol. The second-order valence-corrected chi connectivity index (χ2v) is 4.65. The maximum Gasteiger partial charge on any atom is 0.387 e. The minimum absolute atomic E-state index is 0.142. The van der Waals surface area contributed by atoms with Crippen LogP contribution in [-0.4, -0.2) is 16.6 Å². The van der Waals surface area contributed by atoms with Gasteiger partial charge in [0.15, 0.2) is 0 Å². The van der Waals surface area contributed by atoms with E-state index in [2.05, 4.69) is 25.3 Å². The Labute approximate surface area is 120 Å². The maximum atomic E-state index is 12.2. The van der Waals surface area contributed by atoms with Gasteiger partial charge in [-0.3, -0.25) is 0 Å². The molecule has 3 rings (SSSR count). The quantitative estimate of drug-likeness (QED) is 0.885. The van der Waals surface area contributed by atoms with Crippen molar-refractivity contribution < 1.29 is 13.5 Å². The fourth-order valence-corrected chi connectivity index (χ4v) is 2.16. The number of hydrogen-bond acceptors (Lipinski definition) is 5. The molecule has 0 amide bonds. The number of fused-ring (bicyclic) bond motifs is 1. The molecule has 7 heteroatoms. The number of nitrogens with one attached hydrogen (secondary N) is 2. The fourth-order valence-electron chi connectivity index (χ4n) is 2.16. The summed E-state index contributed by atoms with van der Waals surface area (Å²) >= 11 is 0. The normalized spacial score (nSPS) is 13.3. The Morgan fingerprint density at radius 2 is 2.24 bits per heavy atom. The van der Waals surface area contributed by atoms with Crippen LogP contribution in [0, 0.1) is 0 Å². The van der Waals surface area contributed by atoms with Gasteiger partial charge >= 0.3 is 6.61 Å².